The van der Waals surface area contributed by atoms with Gasteiger partial charge in [0, 0.05) is 65.6 Å². The zero-order valence-corrected chi connectivity index (χ0v) is 38.1. The second-order valence-corrected chi connectivity index (χ2v) is 18.5. The Balaban J connectivity index is 0.813. The molecule has 11 rings (SSSR count). The number of hydrogen-bond acceptors (Lipinski definition) is 2. The Kier molecular flexibility index (Phi) is 10.7. The molecule has 0 spiro atoms. The fourth-order valence-electron chi connectivity index (χ4n) is 10.3. The van der Waals surface area contributed by atoms with Gasteiger partial charge < -0.3 is 18.6 Å². The highest BCUT2D eigenvalue weighted by Gasteiger charge is 2.46. The minimum Gasteiger partial charge on any atom is -0.494 e. The van der Waals surface area contributed by atoms with E-state index in [9.17, 15) is 0 Å². The van der Waals surface area contributed by atoms with Crippen LogP contribution in [0.3, 0.4) is 0 Å². The van der Waals surface area contributed by atoms with E-state index in [0.717, 1.165) is 59.2 Å². The van der Waals surface area contributed by atoms with E-state index in [0.29, 0.717) is 13.2 Å². The summed E-state index contributed by atoms with van der Waals surface area (Å²) in [6, 6.07) is 65.9. The summed E-state index contributed by atoms with van der Waals surface area (Å²) in [7, 11) is 0. The van der Waals surface area contributed by atoms with Crippen molar-refractivity contribution < 1.29 is 9.47 Å². The predicted molar refractivity (Wildman–Crippen MR) is 267 cm³/mol. The van der Waals surface area contributed by atoms with E-state index in [2.05, 4.69) is 223 Å². The van der Waals surface area contributed by atoms with Gasteiger partial charge in [0.05, 0.1) is 18.6 Å². The van der Waals surface area contributed by atoms with Crippen molar-refractivity contribution in [2.75, 3.05) is 13.2 Å². The third-order valence-electron chi connectivity index (χ3n) is 13.1. The molecule has 0 unspecified atom stereocenters. The maximum atomic E-state index is 6.42. The lowest BCUT2D eigenvalue weighted by atomic mass is 9.67. The molecule has 63 heavy (non-hydrogen) atoms. The van der Waals surface area contributed by atoms with Crippen molar-refractivity contribution in [3.05, 3.63) is 213 Å². The van der Waals surface area contributed by atoms with Gasteiger partial charge in [-0.15, -0.1) is 0 Å². The largest absolute Gasteiger partial charge is 0.494 e. The topological polar surface area (TPSA) is 28.3 Å². The summed E-state index contributed by atoms with van der Waals surface area (Å²) in [6.07, 6.45) is 3.99. The summed E-state index contributed by atoms with van der Waals surface area (Å²) in [6.45, 7) is 3.23. The SMILES string of the molecule is Brc1ccc2c(c1)C(c1ccc(OCCCCn3c4ccccc4c4ccccc43)cc1)(c1ccc(OCCCCn3c4ccccc4c4ccccc43)cc1)c1cc(Br)ccc1-2. The van der Waals surface area contributed by atoms with Crippen molar-refractivity contribution in [3.8, 4) is 22.6 Å². The average Bonchev–Trinajstić information content (AvgIpc) is 3.92. The highest BCUT2D eigenvalue weighted by atomic mass is 79.9. The highest BCUT2D eigenvalue weighted by molar-refractivity contribution is 9.10. The summed E-state index contributed by atoms with van der Waals surface area (Å²) in [5.41, 5.74) is 12.0. The zero-order valence-electron chi connectivity index (χ0n) is 34.9. The third-order valence-corrected chi connectivity index (χ3v) is 14.1. The van der Waals surface area contributed by atoms with Gasteiger partial charge in [-0.1, -0.05) is 141 Å². The zero-order chi connectivity index (χ0) is 42.3. The number of aromatic nitrogens is 2. The molecule has 0 radical (unpaired) electrons. The maximum Gasteiger partial charge on any atom is 0.119 e. The first-order valence-corrected chi connectivity index (χ1v) is 23.7. The van der Waals surface area contributed by atoms with E-state index in [-0.39, 0.29) is 0 Å². The standard InChI is InChI=1S/C57H46Br2N2O2/c58-41-25-31-45-46-32-26-42(59)38-52(46)57(51(45)37-41,39-21-27-43(28-22-39)62-35-11-9-33-60-53-17-5-1-13-47(53)48-14-2-6-18-54(48)60)40-23-29-44(30-24-40)63-36-12-10-34-61-55-19-7-3-15-49(55)50-16-4-8-20-56(50)61/h1-8,13-32,37-38H,9-12,33-36H2. The molecule has 1 aliphatic rings. The van der Waals surface area contributed by atoms with Crippen molar-refractivity contribution in [2.45, 2.75) is 44.2 Å². The summed E-state index contributed by atoms with van der Waals surface area (Å²) in [5, 5.41) is 5.27. The summed E-state index contributed by atoms with van der Waals surface area (Å²) >= 11 is 7.69. The van der Waals surface area contributed by atoms with Gasteiger partial charge in [0.15, 0.2) is 0 Å². The number of hydrogen-bond donors (Lipinski definition) is 0. The van der Waals surface area contributed by atoms with Crippen LogP contribution in [0.4, 0.5) is 0 Å². The van der Waals surface area contributed by atoms with Crippen LogP contribution < -0.4 is 9.47 Å². The number of para-hydroxylation sites is 4. The molecule has 0 fully saturated rings. The predicted octanol–water partition coefficient (Wildman–Crippen LogP) is 15.5. The van der Waals surface area contributed by atoms with Gasteiger partial charge in [0.1, 0.15) is 11.5 Å². The van der Waals surface area contributed by atoms with Gasteiger partial charge >= 0.3 is 0 Å². The molecule has 0 saturated heterocycles. The lowest BCUT2D eigenvalue weighted by Crippen LogP contribution is -2.28. The molecule has 2 heterocycles. The van der Waals surface area contributed by atoms with Crippen LogP contribution >= 0.6 is 31.9 Å². The Morgan fingerprint density at radius 3 is 1.10 bits per heavy atom. The van der Waals surface area contributed by atoms with Gasteiger partial charge in [0.25, 0.3) is 0 Å². The van der Waals surface area contributed by atoms with Crippen molar-refractivity contribution in [3.63, 3.8) is 0 Å². The Morgan fingerprint density at radius 1 is 0.381 bits per heavy atom. The number of ether oxygens (including phenoxy) is 2. The van der Waals surface area contributed by atoms with Crippen molar-refractivity contribution in [1.29, 1.82) is 0 Å². The maximum absolute atomic E-state index is 6.42. The Bertz CT molecular complexity index is 2950. The second kappa shape index (κ2) is 16.9. The lowest BCUT2D eigenvalue weighted by Gasteiger charge is -2.34. The monoisotopic (exact) mass is 948 g/mol. The van der Waals surface area contributed by atoms with E-state index in [1.165, 1.54) is 77.0 Å². The summed E-state index contributed by atoms with van der Waals surface area (Å²) < 4.78 is 19.9. The Morgan fingerprint density at radius 2 is 0.730 bits per heavy atom. The van der Waals surface area contributed by atoms with E-state index in [4.69, 9.17) is 9.47 Å². The van der Waals surface area contributed by atoms with Crippen LogP contribution in [-0.4, -0.2) is 22.3 Å². The Hall–Kier alpha value is -6.08. The number of benzene rings is 8. The van der Waals surface area contributed by atoms with Crippen LogP contribution in [0.25, 0.3) is 54.7 Å². The third kappa shape index (κ3) is 7.04. The average molecular weight is 951 g/mol. The molecule has 0 atom stereocenters. The molecule has 8 aromatic carbocycles. The van der Waals surface area contributed by atoms with Crippen LogP contribution in [0.15, 0.2) is 191 Å². The van der Waals surface area contributed by atoms with Crippen molar-refractivity contribution >= 4 is 75.5 Å². The van der Waals surface area contributed by atoms with E-state index < -0.39 is 5.41 Å². The first kappa shape index (κ1) is 39.7. The van der Waals surface area contributed by atoms with E-state index >= 15 is 0 Å². The molecular formula is C57H46Br2N2O2. The van der Waals surface area contributed by atoms with Crippen LogP contribution in [0.5, 0.6) is 11.5 Å². The molecular weight excluding hydrogens is 904 g/mol. The number of aryl methyl sites for hydroxylation is 2. The number of rotatable bonds is 14. The molecule has 0 N–H and O–H groups in total. The number of unbranched alkanes of at least 4 members (excludes halogenated alkanes) is 2. The molecule has 310 valence electrons. The first-order valence-electron chi connectivity index (χ1n) is 22.1. The summed E-state index contributed by atoms with van der Waals surface area (Å²) in [4.78, 5) is 0. The normalized spacial score (nSPS) is 12.9. The molecule has 10 aromatic rings. The number of fused-ring (bicyclic) bond motifs is 9. The minimum absolute atomic E-state index is 0.556. The van der Waals surface area contributed by atoms with Crippen LogP contribution in [0.2, 0.25) is 0 Å². The molecule has 4 nitrogen and oxygen atoms in total. The van der Waals surface area contributed by atoms with Crippen molar-refractivity contribution in [2.24, 2.45) is 0 Å². The van der Waals surface area contributed by atoms with Gasteiger partial charge in [0.2, 0.25) is 0 Å². The molecule has 2 aromatic heterocycles. The van der Waals surface area contributed by atoms with Gasteiger partial charge in [-0.05, 0) is 132 Å². The second-order valence-electron chi connectivity index (χ2n) is 16.7. The molecule has 6 heteroatoms. The van der Waals surface area contributed by atoms with E-state index in [1.807, 2.05) is 0 Å². The molecule has 0 bridgehead atoms. The minimum atomic E-state index is -0.556. The van der Waals surface area contributed by atoms with Gasteiger partial charge in [-0.2, -0.15) is 0 Å². The molecule has 0 amide bonds. The molecule has 1 aliphatic carbocycles. The smallest absolute Gasteiger partial charge is 0.119 e. The first-order chi connectivity index (χ1) is 31.1. The fraction of sp³-hybridized carbons (Fsp3) is 0.158. The van der Waals surface area contributed by atoms with Crippen molar-refractivity contribution in [1.82, 2.24) is 9.13 Å². The number of nitrogens with zero attached hydrogens (tertiary/aromatic N) is 2. The van der Waals surface area contributed by atoms with Crippen LogP contribution in [0.1, 0.15) is 47.9 Å². The Labute approximate surface area is 385 Å². The lowest BCUT2D eigenvalue weighted by molar-refractivity contribution is 0.303. The molecule has 0 aliphatic heterocycles. The van der Waals surface area contributed by atoms with Gasteiger partial charge in [-0.25, -0.2) is 0 Å². The highest BCUT2D eigenvalue weighted by Crippen LogP contribution is 2.57. The molecule has 0 saturated carbocycles. The quantitative estimate of drug-likeness (QED) is 0.102. The summed E-state index contributed by atoms with van der Waals surface area (Å²) in [5.74, 6) is 1.77. The van der Waals surface area contributed by atoms with Gasteiger partial charge in [-0.3, -0.25) is 0 Å². The van der Waals surface area contributed by atoms with Crippen LogP contribution in [-0.2, 0) is 18.5 Å². The van der Waals surface area contributed by atoms with Crippen LogP contribution in [0, 0.1) is 0 Å². The fourth-order valence-corrected chi connectivity index (χ4v) is 11.0. The van der Waals surface area contributed by atoms with E-state index in [1.54, 1.807) is 0 Å². The number of halogens is 2.